The zero-order valence-corrected chi connectivity index (χ0v) is 16.1. The van der Waals surface area contributed by atoms with Crippen LogP contribution in [-0.2, 0) is 13.0 Å². The van der Waals surface area contributed by atoms with E-state index in [0.29, 0.717) is 24.4 Å². The average molecular weight is 387 g/mol. The van der Waals surface area contributed by atoms with Crippen LogP contribution in [0.3, 0.4) is 0 Å². The van der Waals surface area contributed by atoms with E-state index in [2.05, 4.69) is 10.3 Å². The van der Waals surface area contributed by atoms with Gasteiger partial charge in [-0.3, -0.25) is 14.6 Å². The number of nitrogens with one attached hydrogen (secondary N) is 1. The van der Waals surface area contributed by atoms with E-state index in [1.54, 1.807) is 24.1 Å². The van der Waals surface area contributed by atoms with Crippen molar-refractivity contribution in [2.75, 3.05) is 18.6 Å². The number of methoxy groups -OCH3 is 1. The van der Waals surface area contributed by atoms with E-state index in [1.165, 1.54) is 6.20 Å². The number of anilines is 1. The lowest BCUT2D eigenvalue weighted by molar-refractivity contribution is 0.0945. The molecule has 1 N–H and O–H groups in total. The number of amides is 2. The molecule has 3 aromatic rings. The van der Waals surface area contributed by atoms with Gasteiger partial charge in [0.15, 0.2) is 0 Å². The van der Waals surface area contributed by atoms with Crippen LogP contribution in [0.5, 0.6) is 5.75 Å². The lowest BCUT2D eigenvalue weighted by atomic mass is 10.1. The maximum absolute atomic E-state index is 13.0. The zero-order valence-electron chi connectivity index (χ0n) is 16.1. The first kappa shape index (κ1) is 18.7. The summed E-state index contributed by atoms with van der Waals surface area (Å²) in [6.45, 7) is 0.942. The number of carbonyl (C=O) groups excluding carboxylic acids is 2. The molecule has 29 heavy (non-hydrogen) atoms. The Bertz CT molecular complexity index is 1060. The Labute approximate surface area is 169 Å². The van der Waals surface area contributed by atoms with Crippen LogP contribution in [0, 0.1) is 0 Å². The van der Waals surface area contributed by atoms with Crippen LogP contribution >= 0.6 is 0 Å². The van der Waals surface area contributed by atoms with Crippen molar-refractivity contribution in [3.63, 3.8) is 0 Å². The highest BCUT2D eigenvalue weighted by Gasteiger charge is 2.25. The van der Waals surface area contributed by atoms with Crippen molar-refractivity contribution in [2.24, 2.45) is 0 Å². The number of hydrogen-bond acceptors (Lipinski definition) is 4. The van der Waals surface area contributed by atoms with E-state index in [0.717, 1.165) is 23.2 Å². The highest BCUT2D eigenvalue weighted by molar-refractivity contribution is 6.08. The molecule has 2 aromatic carbocycles. The van der Waals surface area contributed by atoms with Gasteiger partial charge in [0.2, 0.25) is 0 Å². The third-order valence-electron chi connectivity index (χ3n) is 5.00. The van der Waals surface area contributed by atoms with Gasteiger partial charge in [-0.15, -0.1) is 0 Å². The molecule has 1 aromatic heterocycles. The summed E-state index contributed by atoms with van der Waals surface area (Å²) >= 11 is 0. The van der Waals surface area contributed by atoms with Gasteiger partial charge in [0.05, 0.1) is 7.11 Å². The lowest BCUT2D eigenvalue weighted by Crippen LogP contribution is -2.30. The first-order chi connectivity index (χ1) is 14.2. The summed E-state index contributed by atoms with van der Waals surface area (Å²) in [5, 5.41) is 2.83. The molecule has 0 spiro atoms. The van der Waals surface area contributed by atoms with Crippen LogP contribution in [0.1, 0.15) is 32.0 Å². The summed E-state index contributed by atoms with van der Waals surface area (Å²) in [6.07, 6.45) is 2.33. The van der Waals surface area contributed by atoms with Gasteiger partial charge < -0.3 is 15.0 Å². The lowest BCUT2D eigenvalue weighted by Gasteiger charge is -2.17. The number of benzene rings is 2. The maximum Gasteiger partial charge on any atom is 0.270 e. The van der Waals surface area contributed by atoms with E-state index in [9.17, 15) is 9.59 Å². The van der Waals surface area contributed by atoms with Crippen LogP contribution in [0.15, 0.2) is 66.9 Å². The molecule has 0 atom stereocenters. The number of ether oxygens (including phenoxy) is 1. The number of pyridine rings is 1. The monoisotopic (exact) mass is 387 g/mol. The zero-order chi connectivity index (χ0) is 20.2. The number of carbonyl (C=O) groups is 2. The SMILES string of the molecule is COc1ccccc1CNC(=O)c1cc(C(=O)N2CCc3ccccc32)ccn1. The van der Waals surface area contributed by atoms with E-state index >= 15 is 0 Å². The molecule has 1 aliphatic heterocycles. The Morgan fingerprint density at radius 2 is 1.90 bits per heavy atom. The molecule has 0 radical (unpaired) electrons. The third-order valence-corrected chi connectivity index (χ3v) is 5.00. The fourth-order valence-corrected chi connectivity index (χ4v) is 3.51. The fourth-order valence-electron chi connectivity index (χ4n) is 3.51. The average Bonchev–Trinajstić information content (AvgIpc) is 3.21. The predicted octanol–water partition coefficient (Wildman–Crippen LogP) is 3.22. The molecule has 6 heteroatoms. The first-order valence-corrected chi connectivity index (χ1v) is 9.43. The van der Waals surface area contributed by atoms with Crippen molar-refractivity contribution in [1.29, 1.82) is 0 Å². The van der Waals surface area contributed by atoms with Crippen LogP contribution in [-0.4, -0.2) is 30.5 Å². The minimum Gasteiger partial charge on any atom is -0.496 e. The highest BCUT2D eigenvalue weighted by Crippen LogP contribution is 2.28. The number of hydrogen-bond donors (Lipinski definition) is 1. The molecular weight excluding hydrogens is 366 g/mol. The summed E-state index contributed by atoms with van der Waals surface area (Å²) in [6, 6.07) is 18.5. The molecule has 146 valence electrons. The second-order valence-corrected chi connectivity index (χ2v) is 6.76. The van der Waals surface area contributed by atoms with Crippen molar-refractivity contribution in [2.45, 2.75) is 13.0 Å². The van der Waals surface area contributed by atoms with Crippen LogP contribution in [0.25, 0.3) is 0 Å². The molecule has 2 heterocycles. The van der Waals surface area contributed by atoms with Crippen molar-refractivity contribution < 1.29 is 14.3 Å². The van der Waals surface area contributed by atoms with Gasteiger partial charge >= 0.3 is 0 Å². The largest absolute Gasteiger partial charge is 0.496 e. The van der Waals surface area contributed by atoms with Crippen molar-refractivity contribution in [3.8, 4) is 5.75 Å². The van der Waals surface area contributed by atoms with Crippen molar-refractivity contribution in [3.05, 3.63) is 89.2 Å². The Hall–Kier alpha value is -3.67. The number of fused-ring (bicyclic) bond motifs is 1. The van der Waals surface area contributed by atoms with Gasteiger partial charge in [0, 0.05) is 36.1 Å². The smallest absolute Gasteiger partial charge is 0.270 e. The van der Waals surface area contributed by atoms with E-state index in [4.69, 9.17) is 4.74 Å². The number of aromatic nitrogens is 1. The molecule has 0 fully saturated rings. The molecule has 0 unspecified atom stereocenters. The second kappa shape index (κ2) is 8.14. The van der Waals surface area contributed by atoms with Gasteiger partial charge in [-0.1, -0.05) is 36.4 Å². The number of nitrogens with zero attached hydrogens (tertiary/aromatic N) is 2. The molecular formula is C23H21N3O3. The third kappa shape index (κ3) is 3.82. The van der Waals surface area contributed by atoms with E-state index in [1.807, 2.05) is 48.5 Å². The van der Waals surface area contributed by atoms with Crippen LogP contribution in [0.2, 0.25) is 0 Å². The van der Waals surface area contributed by atoms with Crippen LogP contribution in [0.4, 0.5) is 5.69 Å². The summed E-state index contributed by atoms with van der Waals surface area (Å²) in [5.74, 6) is 0.237. The Balaban J connectivity index is 1.49. The summed E-state index contributed by atoms with van der Waals surface area (Å²) in [4.78, 5) is 31.5. The minimum absolute atomic E-state index is 0.129. The quantitative estimate of drug-likeness (QED) is 0.730. The minimum atomic E-state index is -0.340. The molecule has 2 amide bonds. The molecule has 1 aliphatic rings. The van der Waals surface area contributed by atoms with Gasteiger partial charge in [0.1, 0.15) is 11.4 Å². The predicted molar refractivity (Wildman–Crippen MR) is 110 cm³/mol. The Morgan fingerprint density at radius 3 is 2.76 bits per heavy atom. The first-order valence-electron chi connectivity index (χ1n) is 9.43. The summed E-state index contributed by atoms with van der Waals surface area (Å²) in [7, 11) is 1.59. The molecule has 6 nitrogen and oxygen atoms in total. The second-order valence-electron chi connectivity index (χ2n) is 6.76. The number of para-hydroxylation sites is 2. The van der Waals surface area contributed by atoms with E-state index < -0.39 is 0 Å². The van der Waals surface area contributed by atoms with Crippen molar-refractivity contribution in [1.82, 2.24) is 10.3 Å². The van der Waals surface area contributed by atoms with Crippen molar-refractivity contribution >= 4 is 17.5 Å². The molecule has 0 aliphatic carbocycles. The van der Waals surface area contributed by atoms with E-state index in [-0.39, 0.29) is 17.5 Å². The molecule has 4 rings (SSSR count). The Morgan fingerprint density at radius 1 is 1.10 bits per heavy atom. The Kier molecular flexibility index (Phi) is 5.24. The molecule has 0 bridgehead atoms. The van der Waals surface area contributed by atoms with Gasteiger partial charge in [-0.2, -0.15) is 0 Å². The fraction of sp³-hybridized carbons (Fsp3) is 0.174. The highest BCUT2D eigenvalue weighted by atomic mass is 16.5. The van der Waals surface area contributed by atoms with Gasteiger partial charge in [0.25, 0.3) is 11.8 Å². The molecule has 0 saturated carbocycles. The van der Waals surface area contributed by atoms with Gasteiger partial charge in [-0.25, -0.2) is 0 Å². The molecule has 0 saturated heterocycles. The standard InChI is InChI=1S/C23H21N3O3/c1-29-21-9-5-3-7-18(21)15-25-22(27)19-14-17(10-12-24-19)23(28)26-13-11-16-6-2-4-8-20(16)26/h2-10,12,14H,11,13,15H2,1H3,(H,25,27). The maximum atomic E-state index is 13.0. The topological polar surface area (TPSA) is 71.5 Å². The number of rotatable bonds is 5. The van der Waals surface area contributed by atoms with Crippen LogP contribution < -0.4 is 15.0 Å². The van der Waals surface area contributed by atoms with Gasteiger partial charge in [-0.05, 0) is 36.2 Å². The normalized spacial score (nSPS) is 12.4. The summed E-state index contributed by atoms with van der Waals surface area (Å²) in [5.41, 5.74) is 3.60. The summed E-state index contributed by atoms with van der Waals surface area (Å²) < 4.78 is 5.30.